The summed E-state index contributed by atoms with van der Waals surface area (Å²) in [7, 11) is 0. The van der Waals surface area contributed by atoms with E-state index in [0.29, 0.717) is 23.2 Å². The Labute approximate surface area is 102 Å². The zero-order valence-corrected chi connectivity index (χ0v) is 12.1. The normalized spacial score (nSPS) is 30.4. The molecule has 0 aliphatic heterocycles. The minimum absolute atomic E-state index is 0.0353. The lowest BCUT2D eigenvalue weighted by molar-refractivity contribution is -0.0553. The van der Waals surface area contributed by atoms with Gasteiger partial charge in [0, 0.05) is 5.54 Å². The molecule has 16 heavy (non-hydrogen) atoms. The van der Waals surface area contributed by atoms with Crippen LogP contribution in [0.4, 0.5) is 0 Å². The topological polar surface area (TPSA) is 26.0 Å². The van der Waals surface area contributed by atoms with Gasteiger partial charge in [0.25, 0.3) is 0 Å². The Morgan fingerprint density at radius 3 is 1.50 bits per heavy atom. The quantitative estimate of drug-likeness (QED) is 0.765. The maximum atomic E-state index is 6.88. The molecule has 0 heterocycles. The lowest BCUT2D eigenvalue weighted by Crippen LogP contribution is -2.64. The largest absolute Gasteiger partial charge is 0.324 e. The number of hydrogen-bond donors (Lipinski definition) is 1. The third kappa shape index (κ3) is 1.81. The van der Waals surface area contributed by atoms with Crippen LogP contribution in [0.1, 0.15) is 67.2 Å². The van der Waals surface area contributed by atoms with Gasteiger partial charge in [-0.25, -0.2) is 0 Å². The Morgan fingerprint density at radius 1 is 0.750 bits per heavy atom. The smallest absolute Gasteiger partial charge is 0.0239 e. The van der Waals surface area contributed by atoms with Gasteiger partial charge in [0.05, 0.1) is 0 Å². The van der Waals surface area contributed by atoms with Crippen LogP contribution in [0.25, 0.3) is 0 Å². The van der Waals surface area contributed by atoms with E-state index in [1.54, 1.807) is 0 Å². The minimum Gasteiger partial charge on any atom is -0.324 e. The fourth-order valence-electron chi connectivity index (χ4n) is 4.45. The molecule has 1 heteroatoms. The van der Waals surface area contributed by atoms with Crippen LogP contribution < -0.4 is 5.73 Å². The summed E-state index contributed by atoms with van der Waals surface area (Å²) in [5.41, 5.74) is 7.25. The first-order chi connectivity index (χ1) is 7.29. The van der Waals surface area contributed by atoms with Crippen molar-refractivity contribution in [3.63, 3.8) is 0 Å². The lowest BCUT2D eigenvalue weighted by Gasteiger charge is -2.59. The molecule has 0 aromatic carbocycles. The first kappa shape index (κ1) is 14.0. The molecule has 0 radical (unpaired) electrons. The molecule has 0 bridgehead atoms. The van der Waals surface area contributed by atoms with E-state index in [1.165, 1.54) is 25.7 Å². The van der Waals surface area contributed by atoms with Crippen LogP contribution in [0.5, 0.6) is 0 Å². The van der Waals surface area contributed by atoms with Gasteiger partial charge in [-0.15, -0.1) is 0 Å². The zero-order chi connectivity index (χ0) is 12.6. The van der Waals surface area contributed by atoms with Crippen LogP contribution in [0.15, 0.2) is 0 Å². The van der Waals surface area contributed by atoms with Crippen LogP contribution in [0.3, 0.4) is 0 Å². The van der Waals surface area contributed by atoms with E-state index in [-0.39, 0.29) is 5.54 Å². The molecule has 96 valence electrons. The highest BCUT2D eigenvalue weighted by Crippen LogP contribution is 2.55. The van der Waals surface area contributed by atoms with Crippen molar-refractivity contribution in [3.8, 4) is 0 Å². The molecule has 1 saturated carbocycles. The fourth-order valence-corrected chi connectivity index (χ4v) is 4.45. The molecule has 1 aliphatic rings. The third-order valence-corrected chi connectivity index (χ3v) is 5.39. The van der Waals surface area contributed by atoms with Crippen molar-refractivity contribution < 1.29 is 0 Å². The highest BCUT2D eigenvalue weighted by atomic mass is 14.8. The summed E-state index contributed by atoms with van der Waals surface area (Å²) in [6.45, 7) is 14.1. The van der Waals surface area contributed by atoms with E-state index in [0.717, 1.165) is 0 Å². The highest BCUT2D eigenvalue weighted by molar-refractivity contribution is 5.09. The first-order valence-electron chi connectivity index (χ1n) is 7.08. The molecular weight excluding hydrogens is 194 g/mol. The molecule has 0 aromatic heterocycles. The summed E-state index contributed by atoms with van der Waals surface area (Å²) in [6.07, 6.45) is 5.20. The van der Waals surface area contributed by atoms with Crippen LogP contribution in [0.2, 0.25) is 0 Å². The molecular formula is C15H31N. The second kappa shape index (κ2) is 4.68. The summed E-state index contributed by atoms with van der Waals surface area (Å²) in [6, 6.07) is 0. The molecule has 1 nitrogen and oxygen atoms in total. The second-order valence-corrected chi connectivity index (χ2v) is 6.75. The number of hydrogen-bond acceptors (Lipinski definition) is 1. The van der Waals surface area contributed by atoms with Gasteiger partial charge < -0.3 is 5.73 Å². The Morgan fingerprint density at radius 2 is 1.19 bits per heavy atom. The predicted molar refractivity (Wildman–Crippen MR) is 72.3 cm³/mol. The minimum atomic E-state index is 0.0353. The number of nitrogens with two attached hydrogens (primary N) is 1. The molecule has 1 rings (SSSR count). The van der Waals surface area contributed by atoms with Crippen molar-refractivity contribution in [3.05, 3.63) is 0 Å². The zero-order valence-electron chi connectivity index (χ0n) is 12.1. The van der Waals surface area contributed by atoms with Gasteiger partial charge in [-0.1, -0.05) is 54.4 Å². The standard InChI is InChI=1S/C15H31N/c1-11(2)14(12(3)4)9-7-8-10-15(14,16)13(5)6/h11-13H,7-10,16H2,1-6H3. The van der Waals surface area contributed by atoms with Gasteiger partial charge in [0.15, 0.2) is 0 Å². The van der Waals surface area contributed by atoms with Gasteiger partial charge in [-0.2, -0.15) is 0 Å². The van der Waals surface area contributed by atoms with Crippen LogP contribution in [-0.2, 0) is 0 Å². The van der Waals surface area contributed by atoms with Crippen molar-refractivity contribution in [1.29, 1.82) is 0 Å². The van der Waals surface area contributed by atoms with E-state index < -0.39 is 0 Å². The molecule has 1 fully saturated rings. The van der Waals surface area contributed by atoms with Crippen molar-refractivity contribution in [2.75, 3.05) is 0 Å². The Kier molecular flexibility index (Phi) is 4.10. The summed E-state index contributed by atoms with van der Waals surface area (Å²) in [5, 5.41) is 0. The molecule has 0 amide bonds. The van der Waals surface area contributed by atoms with Gasteiger partial charge in [-0.3, -0.25) is 0 Å². The first-order valence-corrected chi connectivity index (χ1v) is 7.08. The van der Waals surface area contributed by atoms with E-state index >= 15 is 0 Å². The van der Waals surface area contributed by atoms with Gasteiger partial charge in [-0.05, 0) is 36.0 Å². The van der Waals surface area contributed by atoms with E-state index in [2.05, 4.69) is 41.5 Å². The maximum absolute atomic E-state index is 6.88. The summed E-state index contributed by atoms with van der Waals surface area (Å²) < 4.78 is 0. The van der Waals surface area contributed by atoms with Gasteiger partial charge in [0.2, 0.25) is 0 Å². The SMILES string of the molecule is CC(C)C1(N)CCCCC1(C(C)C)C(C)C. The third-order valence-electron chi connectivity index (χ3n) is 5.39. The summed E-state index contributed by atoms with van der Waals surface area (Å²) in [5.74, 6) is 1.94. The van der Waals surface area contributed by atoms with E-state index in [4.69, 9.17) is 5.73 Å². The monoisotopic (exact) mass is 225 g/mol. The van der Waals surface area contributed by atoms with Crippen LogP contribution in [0, 0.1) is 23.2 Å². The summed E-state index contributed by atoms with van der Waals surface area (Å²) >= 11 is 0. The second-order valence-electron chi connectivity index (χ2n) is 6.75. The molecule has 0 saturated heterocycles. The van der Waals surface area contributed by atoms with Crippen LogP contribution >= 0.6 is 0 Å². The van der Waals surface area contributed by atoms with Gasteiger partial charge in [0.1, 0.15) is 0 Å². The molecule has 1 aliphatic carbocycles. The molecule has 0 spiro atoms. The van der Waals surface area contributed by atoms with Gasteiger partial charge >= 0.3 is 0 Å². The average molecular weight is 225 g/mol. The molecule has 1 atom stereocenters. The number of rotatable bonds is 3. The molecule has 0 aromatic rings. The maximum Gasteiger partial charge on any atom is 0.0239 e. The Bertz CT molecular complexity index is 222. The van der Waals surface area contributed by atoms with Crippen LogP contribution in [-0.4, -0.2) is 5.54 Å². The molecule has 2 N–H and O–H groups in total. The van der Waals surface area contributed by atoms with E-state index in [9.17, 15) is 0 Å². The average Bonchev–Trinajstić information content (AvgIpc) is 2.17. The van der Waals surface area contributed by atoms with Crippen molar-refractivity contribution >= 4 is 0 Å². The Balaban J connectivity index is 3.20. The lowest BCUT2D eigenvalue weighted by atomic mass is 9.49. The Hall–Kier alpha value is -0.0400. The van der Waals surface area contributed by atoms with Crippen molar-refractivity contribution in [2.45, 2.75) is 72.8 Å². The fraction of sp³-hybridized carbons (Fsp3) is 1.00. The predicted octanol–water partition coefficient (Wildman–Crippen LogP) is 4.21. The highest BCUT2D eigenvalue weighted by Gasteiger charge is 2.54. The van der Waals surface area contributed by atoms with E-state index in [1.807, 2.05) is 0 Å². The van der Waals surface area contributed by atoms with Crippen molar-refractivity contribution in [1.82, 2.24) is 0 Å². The molecule has 1 unspecified atom stereocenters. The summed E-state index contributed by atoms with van der Waals surface area (Å²) in [4.78, 5) is 0. The van der Waals surface area contributed by atoms with Crippen molar-refractivity contribution in [2.24, 2.45) is 28.9 Å².